The minimum Gasteiger partial charge on any atom is -0.497 e. The quantitative estimate of drug-likeness (QED) is 0.502. The Balaban J connectivity index is 1.40. The Morgan fingerprint density at radius 1 is 1.16 bits per heavy atom. The van der Waals surface area contributed by atoms with Crippen LogP contribution in [0.4, 0.5) is 0 Å². The van der Waals surface area contributed by atoms with Crippen LogP contribution in [0.15, 0.2) is 29.8 Å². The Labute approximate surface area is 188 Å². The standard InChI is InChI=1S/C27H41N3O/c1-18(2)24-13-21(14-27-29-25-11-10-23(31-4)15-26(25)30-27)19(3)12-22(24)17-28-16-20-8-6-5-7-9-20/h10-12,15,18,20-22,24,28H,5-9,13-14,16-17H2,1-4H3,(H,29,30)/t21-,22-,24-/m0/s1. The molecule has 0 bridgehead atoms. The smallest absolute Gasteiger partial charge is 0.121 e. The molecular formula is C27H41N3O. The number of aromatic nitrogens is 2. The number of rotatable bonds is 8. The van der Waals surface area contributed by atoms with Crippen LogP contribution >= 0.6 is 0 Å². The molecule has 1 aromatic carbocycles. The second-order valence-corrected chi connectivity index (χ2v) is 10.3. The van der Waals surface area contributed by atoms with E-state index in [1.807, 2.05) is 18.2 Å². The van der Waals surface area contributed by atoms with Crippen molar-refractivity contribution in [1.29, 1.82) is 0 Å². The van der Waals surface area contributed by atoms with Gasteiger partial charge in [-0.05, 0) is 74.5 Å². The summed E-state index contributed by atoms with van der Waals surface area (Å²) in [6.07, 6.45) is 12.0. The molecule has 4 rings (SSSR count). The average Bonchev–Trinajstić information content (AvgIpc) is 3.17. The number of aromatic amines is 1. The SMILES string of the molecule is COc1ccc2nc(C[C@@H]3C[C@@H](C(C)C)[C@H](CNCC4CCCCC4)C=C3C)[nH]c2c1. The Morgan fingerprint density at radius 3 is 2.71 bits per heavy atom. The van der Waals surface area contributed by atoms with Gasteiger partial charge in [0.15, 0.2) is 0 Å². The molecule has 2 N–H and O–H groups in total. The van der Waals surface area contributed by atoms with Gasteiger partial charge in [0.25, 0.3) is 0 Å². The Morgan fingerprint density at radius 2 is 1.97 bits per heavy atom. The normalized spacial score (nSPS) is 25.2. The lowest BCUT2D eigenvalue weighted by Crippen LogP contribution is -2.36. The maximum Gasteiger partial charge on any atom is 0.121 e. The summed E-state index contributed by atoms with van der Waals surface area (Å²) >= 11 is 0. The zero-order chi connectivity index (χ0) is 21.8. The molecule has 4 heteroatoms. The first-order valence-corrected chi connectivity index (χ1v) is 12.4. The molecule has 0 saturated heterocycles. The van der Waals surface area contributed by atoms with Crippen LogP contribution in [0.3, 0.4) is 0 Å². The van der Waals surface area contributed by atoms with Crippen LogP contribution in [-0.4, -0.2) is 30.2 Å². The minimum atomic E-state index is 0.574. The number of allylic oxidation sites excluding steroid dienone is 1. The second-order valence-electron chi connectivity index (χ2n) is 10.3. The van der Waals surface area contributed by atoms with Crippen molar-refractivity contribution in [2.24, 2.45) is 29.6 Å². The third-order valence-corrected chi connectivity index (χ3v) is 7.80. The summed E-state index contributed by atoms with van der Waals surface area (Å²) < 4.78 is 5.36. The van der Waals surface area contributed by atoms with Crippen molar-refractivity contribution in [3.8, 4) is 5.75 Å². The van der Waals surface area contributed by atoms with E-state index in [1.165, 1.54) is 45.1 Å². The fourth-order valence-electron chi connectivity index (χ4n) is 5.85. The summed E-state index contributed by atoms with van der Waals surface area (Å²) in [5.74, 6) is 5.53. The van der Waals surface area contributed by atoms with E-state index in [-0.39, 0.29) is 0 Å². The van der Waals surface area contributed by atoms with E-state index in [0.717, 1.165) is 47.4 Å². The fraction of sp³-hybridized carbons (Fsp3) is 0.667. The predicted octanol–water partition coefficient (Wildman–Crippen LogP) is 6.14. The number of benzene rings is 1. The first-order valence-electron chi connectivity index (χ1n) is 12.4. The lowest BCUT2D eigenvalue weighted by atomic mass is 9.69. The van der Waals surface area contributed by atoms with E-state index in [9.17, 15) is 0 Å². The highest BCUT2D eigenvalue weighted by atomic mass is 16.5. The van der Waals surface area contributed by atoms with E-state index in [0.29, 0.717) is 17.8 Å². The third kappa shape index (κ3) is 5.52. The zero-order valence-electron chi connectivity index (χ0n) is 19.9. The molecule has 0 spiro atoms. The molecule has 1 fully saturated rings. The maximum atomic E-state index is 5.36. The number of nitrogens with zero attached hydrogens (tertiary/aromatic N) is 1. The first-order chi connectivity index (χ1) is 15.0. The molecule has 1 heterocycles. The zero-order valence-corrected chi connectivity index (χ0v) is 19.9. The Bertz CT molecular complexity index is 878. The summed E-state index contributed by atoms with van der Waals surface area (Å²) in [4.78, 5) is 8.39. The van der Waals surface area contributed by atoms with Crippen LogP contribution in [0, 0.1) is 29.6 Å². The Kier molecular flexibility index (Phi) is 7.37. The van der Waals surface area contributed by atoms with Crippen LogP contribution in [0.2, 0.25) is 0 Å². The van der Waals surface area contributed by atoms with Gasteiger partial charge in [0.05, 0.1) is 18.1 Å². The van der Waals surface area contributed by atoms with Gasteiger partial charge in [-0.15, -0.1) is 0 Å². The van der Waals surface area contributed by atoms with Crippen molar-refractivity contribution in [2.75, 3.05) is 20.2 Å². The Hall–Kier alpha value is -1.81. The molecule has 3 atom stereocenters. The molecule has 2 aliphatic rings. The first kappa shape index (κ1) is 22.4. The lowest BCUT2D eigenvalue weighted by molar-refractivity contribution is 0.217. The van der Waals surface area contributed by atoms with Crippen LogP contribution in [-0.2, 0) is 6.42 Å². The number of imidazole rings is 1. The molecule has 4 nitrogen and oxygen atoms in total. The van der Waals surface area contributed by atoms with Gasteiger partial charge in [0, 0.05) is 19.0 Å². The molecule has 2 aliphatic carbocycles. The molecule has 0 radical (unpaired) electrons. The van der Waals surface area contributed by atoms with Crippen molar-refractivity contribution in [2.45, 2.75) is 65.7 Å². The molecule has 170 valence electrons. The molecule has 1 saturated carbocycles. The predicted molar refractivity (Wildman–Crippen MR) is 129 cm³/mol. The highest BCUT2D eigenvalue weighted by Gasteiger charge is 2.32. The highest BCUT2D eigenvalue weighted by Crippen LogP contribution is 2.38. The molecule has 31 heavy (non-hydrogen) atoms. The second kappa shape index (κ2) is 10.2. The van der Waals surface area contributed by atoms with E-state index >= 15 is 0 Å². The van der Waals surface area contributed by atoms with Gasteiger partial charge in [0.1, 0.15) is 11.6 Å². The molecule has 0 aliphatic heterocycles. The van der Waals surface area contributed by atoms with Crippen LogP contribution in [0.25, 0.3) is 11.0 Å². The molecular weight excluding hydrogens is 382 g/mol. The van der Waals surface area contributed by atoms with Gasteiger partial charge in [-0.2, -0.15) is 0 Å². The maximum absolute atomic E-state index is 5.36. The van der Waals surface area contributed by atoms with E-state index in [1.54, 1.807) is 12.7 Å². The number of ether oxygens (including phenoxy) is 1. The summed E-state index contributed by atoms with van der Waals surface area (Å²) in [7, 11) is 1.71. The van der Waals surface area contributed by atoms with Crippen LogP contribution in [0.5, 0.6) is 5.75 Å². The highest BCUT2D eigenvalue weighted by molar-refractivity contribution is 5.76. The van der Waals surface area contributed by atoms with Crippen molar-refractivity contribution in [1.82, 2.24) is 15.3 Å². The van der Waals surface area contributed by atoms with Gasteiger partial charge in [-0.1, -0.05) is 44.8 Å². The number of hydrogen-bond acceptors (Lipinski definition) is 3. The minimum absolute atomic E-state index is 0.574. The number of methoxy groups -OCH3 is 1. The largest absolute Gasteiger partial charge is 0.497 e. The summed E-state index contributed by atoms with van der Waals surface area (Å²) in [6, 6.07) is 6.07. The van der Waals surface area contributed by atoms with Crippen LogP contribution in [0.1, 0.15) is 65.1 Å². The number of nitrogens with one attached hydrogen (secondary N) is 2. The number of hydrogen-bond donors (Lipinski definition) is 2. The van der Waals surface area contributed by atoms with Gasteiger partial charge >= 0.3 is 0 Å². The van der Waals surface area contributed by atoms with Crippen molar-refractivity contribution < 1.29 is 4.74 Å². The van der Waals surface area contributed by atoms with Gasteiger partial charge in [-0.3, -0.25) is 0 Å². The van der Waals surface area contributed by atoms with E-state index in [4.69, 9.17) is 9.72 Å². The third-order valence-electron chi connectivity index (χ3n) is 7.80. The van der Waals surface area contributed by atoms with Gasteiger partial charge in [-0.25, -0.2) is 4.98 Å². The van der Waals surface area contributed by atoms with Crippen molar-refractivity contribution >= 4 is 11.0 Å². The summed E-state index contributed by atoms with van der Waals surface area (Å²) in [5, 5.41) is 3.85. The molecule has 0 unspecified atom stereocenters. The summed E-state index contributed by atoms with van der Waals surface area (Å²) in [5.41, 5.74) is 3.63. The number of H-pyrrole nitrogens is 1. The average molecular weight is 424 g/mol. The van der Waals surface area contributed by atoms with Gasteiger partial charge < -0.3 is 15.0 Å². The lowest BCUT2D eigenvalue weighted by Gasteiger charge is -2.37. The topological polar surface area (TPSA) is 49.9 Å². The molecule has 2 aromatic rings. The fourth-order valence-corrected chi connectivity index (χ4v) is 5.85. The monoisotopic (exact) mass is 423 g/mol. The van der Waals surface area contributed by atoms with Crippen molar-refractivity contribution in [3.05, 3.63) is 35.7 Å². The number of fused-ring (bicyclic) bond motifs is 1. The van der Waals surface area contributed by atoms with E-state index < -0.39 is 0 Å². The molecule has 1 aromatic heterocycles. The summed E-state index contributed by atoms with van der Waals surface area (Å²) in [6.45, 7) is 9.48. The van der Waals surface area contributed by atoms with Gasteiger partial charge in [0.2, 0.25) is 0 Å². The van der Waals surface area contributed by atoms with Crippen LogP contribution < -0.4 is 10.1 Å². The van der Waals surface area contributed by atoms with Crippen molar-refractivity contribution in [3.63, 3.8) is 0 Å². The van der Waals surface area contributed by atoms with E-state index in [2.05, 4.69) is 37.1 Å². The molecule has 0 amide bonds.